The predicted octanol–water partition coefficient (Wildman–Crippen LogP) is 5.35. The van der Waals surface area contributed by atoms with Crippen LogP contribution in [0.3, 0.4) is 0 Å². The predicted molar refractivity (Wildman–Crippen MR) is 126 cm³/mol. The highest BCUT2D eigenvalue weighted by atomic mass is 16.6. The molecule has 0 aliphatic carbocycles. The van der Waals surface area contributed by atoms with Crippen molar-refractivity contribution in [2.75, 3.05) is 6.61 Å². The number of para-hydroxylation sites is 3. The third-order valence-electron chi connectivity index (χ3n) is 4.83. The van der Waals surface area contributed by atoms with E-state index in [0.29, 0.717) is 23.0 Å². The van der Waals surface area contributed by atoms with Crippen LogP contribution >= 0.6 is 0 Å². The molecule has 0 bridgehead atoms. The molecule has 33 heavy (non-hydrogen) atoms. The van der Waals surface area contributed by atoms with Crippen LogP contribution in [0.2, 0.25) is 0 Å². The maximum Gasteiger partial charge on any atom is 0.311 e. The van der Waals surface area contributed by atoms with E-state index in [4.69, 9.17) is 9.47 Å². The number of aryl methyl sites for hydroxylation is 1. The van der Waals surface area contributed by atoms with Crippen LogP contribution in [0.1, 0.15) is 36.5 Å². The summed E-state index contributed by atoms with van der Waals surface area (Å²) in [4.78, 5) is 22.8. The molecule has 3 rings (SSSR count). The zero-order valence-electron chi connectivity index (χ0n) is 18.6. The van der Waals surface area contributed by atoms with Crippen molar-refractivity contribution in [3.05, 3.63) is 93.5 Å². The summed E-state index contributed by atoms with van der Waals surface area (Å²) in [5, 5.41) is 15.2. The number of nitrogens with zero attached hydrogens (tertiary/aromatic N) is 2. The summed E-state index contributed by atoms with van der Waals surface area (Å²) in [6.07, 6.45) is 1.41. The van der Waals surface area contributed by atoms with Gasteiger partial charge in [0.1, 0.15) is 11.5 Å². The Morgan fingerprint density at radius 1 is 1.09 bits per heavy atom. The van der Waals surface area contributed by atoms with Crippen LogP contribution in [-0.2, 0) is 4.79 Å². The van der Waals surface area contributed by atoms with E-state index >= 15 is 0 Å². The lowest BCUT2D eigenvalue weighted by Crippen LogP contribution is -2.24. The summed E-state index contributed by atoms with van der Waals surface area (Å²) < 4.78 is 11.3. The van der Waals surface area contributed by atoms with Gasteiger partial charge in [-0.3, -0.25) is 14.9 Å². The molecule has 0 aromatic heterocycles. The van der Waals surface area contributed by atoms with Crippen molar-refractivity contribution in [3.8, 4) is 17.2 Å². The Kier molecular flexibility index (Phi) is 7.75. The Morgan fingerprint density at radius 3 is 2.48 bits per heavy atom. The van der Waals surface area contributed by atoms with Crippen molar-refractivity contribution in [2.24, 2.45) is 5.10 Å². The fourth-order valence-corrected chi connectivity index (χ4v) is 3.23. The molecule has 0 saturated carbocycles. The van der Waals surface area contributed by atoms with Crippen LogP contribution in [0, 0.1) is 17.0 Å². The summed E-state index contributed by atoms with van der Waals surface area (Å²) in [5.74, 6) is 1.08. The van der Waals surface area contributed by atoms with E-state index < -0.39 is 10.8 Å². The minimum atomic E-state index is -0.510. The number of hydrogen-bond donors (Lipinski definition) is 1. The summed E-state index contributed by atoms with van der Waals surface area (Å²) in [6.45, 7) is 6.07. The zero-order chi connectivity index (χ0) is 23.8. The fraction of sp³-hybridized carbons (Fsp3) is 0.200. The number of nitro benzene ring substituents is 1. The number of hydrogen-bond acceptors (Lipinski definition) is 6. The van der Waals surface area contributed by atoms with Gasteiger partial charge < -0.3 is 9.47 Å². The average Bonchev–Trinajstić information content (AvgIpc) is 2.79. The Morgan fingerprint density at radius 2 is 1.79 bits per heavy atom. The molecule has 0 spiro atoms. The monoisotopic (exact) mass is 447 g/mol. The number of nitro groups is 1. The quantitative estimate of drug-likeness (QED) is 0.271. The molecule has 0 aliphatic heterocycles. The van der Waals surface area contributed by atoms with E-state index in [0.717, 1.165) is 5.56 Å². The molecule has 0 radical (unpaired) electrons. The number of nitrogens with one attached hydrogen (secondary N) is 1. The van der Waals surface area contributed by atoms with Crippen molar-refractivity contribution in [1.82, 2.24) is 5.43 Å². The van der Waals surface area contributed by atoms with E-state index in [1.165, 1.54) is 23.9 Å². The van der Waals surface area contributed by atoms with Gasteiger partial charge in [0.05, 0.1) is 11.1 Å². The lowest BCUT2D eigenvalue weighted by Gasteiger charge is -2.12. The molecule has 0 unspecified atom stereocenters. The maximum absolute atomic E-state index is 12.1. The third kappa shape index (κ3) is 6.39. The minimum absolute atomic E-state index is 0.111. The first-order chi connectivity index (χ1) is 15.8. The van der Waals surface area contributed by atoms with Crippen LogP contribution in [0.15, 0.2) is 71.8 Å². The van der Waals surface area contributed by atoms with Crippen molar-refractivity contribution >= 4 is 17.8 Å². The Hall–Kier alpha value is -4.20. The normalized spacial score (nSPS) is 10.9. The first-order valence-electron chi connectivity index (χ1n) is 10.4. The van der Waals surface area contributed by atoms with E-state index in [2.05, 4.69) is 24.4 Å². The van der Waals surface area contributed by atoms with Gasteiger partial charge in [-0.1, -0.05) is 44.2 Å². The van der Waals surface area contributed by atoms with Gasteiger partial charge in [-0.2, -0.15) is 5.10 Å². The Balaban J connectivity index is 1.60. The SMILES string of the molecule is Cc1cc(OCC(=O)NN=Cc2ccccc2Oc2ccccc2[N+](=O)[O-])ccc1C(C)C. The first-order valence-corrected chi connectivity index (χ1v) is 10.4. The van der Waals surface area contributed by atoms with E-state index in [1.54, 1.807) is 36.4 Å². The Bertz CT molecular complexity index is 1170. The largest absolute Gasteiger partial charge is 0.484 e. The lowest BCUT2D eigenvalue weighted by molar-refractivity contribution is -0.385. The first kappa shape index (κ1) is 23.5. The molecular weight excluding hydrogens is 422 g/mol. The second-order valence-electron chi connectivity index (χ2n) is 7.62. The molecule has 3 aromatic carbocycles. The lowest BCUT2D eigenvalue weighted by atomic mass is 9.98. The molecule has 1 amide bonds. The third-order valence-corrected chi connectivity index (χ3v) is 4.83. The van der Waals surface area contributed by atoms with Gasteiger partial charge in [-0.25, -0.2) is 5.43 Å². The molecular formula is C25H25N3O5. The van der Waals surface area contributed by atoms with Gasteiger partial charge >= 0.3 is 5.69 Å². The van der Waals surface area contributed by atoms with Gasteiger partial charge in [0.2, 0.25) is 5.75 Å². The molecule has 0 aliphatic rings. The molecule has 8 heteroatoms. The van der Waals surface area contributed by atoms with E-state index in [-0.39, 0.29) is 18.0 Å². The zero-order valence-corrected chi connectivity index (χ0v) is 18.6. The number of ether oxygens (including phenoxy) is 2. The highest BCUT2D eigenvalue weighted by Gasteiger charge is 2.15. The molecule has 8 nitrogen and oxygen atoms in total. The molecule has 1 N–H and O–H groups in total. The second kappa shape index (κ2) is 10.9. The summed E-state index contributed by atoms with van der Waals surface area (Å²) >= 11 is 0. The number of benzene rings is 3. The van der Waals surface area contributed by atoms with Gasteiger partial charge in [0, 0.05) is 11.6 Å². The van der Waals surface area contributed by atoms with E-state index in [9.17, 15) is 14.9 Å². The molecule has 170 valence electrons. The maximum atomic E-state index is 12.1. The highest BCUT2D eigenvalue weighted by Crippen LogP contribution is 2.32. The Labute approximate surface area is 192 Å². The number of amides is 1. The van der Waals surface area contributed by atoms with Crippen LogP contribution in [0.5, 0.6) is 17.2 Å². The number of hydrazone groups is 1. The molecule has 0 atom stereocenters. The number of rotatable bonds is 9. The van der Waals surface area contributed by atoms with Gasteiger partial charge in [-0.15, -0.1) is 0 Å². The topological polar surface area (TPSA) is 103 Å². The van der Waals surface area contributed by atoms with Crippen molar-refractivity contribution in [3.63, 3.8) is 0 Å². The number of carbonyl (C=O) groups excluding carboxylic acids is 1. The smallest absolute Gasteiger partial charge is 0.311 e. The number of carbonyl (C=O) groups is 1. The fourth-order valence-electron chi connectivity index (χ4n) is 3.23. The molecule has 0 heterocycles. The van der Waals surface area contributed by atoms with Gasteiger partial charge in [0.15, 0.2) is 6.61 Å². The van der Waals surface area contributed by atoms with Crippen LogP contribution in [-0.4, -0.2) is 23.7 Å². The van der Waals surface area contributed by atoms with Crippen molar-refractivity contribution in [1.29, 1.82) is 0 Å². The molecule has 0 fully saturated rings. The standard InChI is InChI=1S/C25H25N3O5/c1-17(2)21-13-12-20(14-18(21)3)32-16-25(29)27-26-15-19-8-4-6-10-23(19)33-24-11-7-5-9-22(24)28(30)31/h4-15,17H,16H2,1-3H3,(H,27,29). The van der Waals surface area contributed by atoms with Crippen LogP contribution in [0.25, 0.3) is 0 Å². The van der Waals surface area contributed by atoms with Gasteiger partial charge in [-0.05, 0) is 54.3 Å². The van der Waals surface area contributed by atoms with Crippen molar-refractivity contribution < 1.29 is 19.2 Å². The molecule has 0 saturated heterocycles. The van der Waals surface area contributed by atoms with Gasteiger partial charge in [0.25, 0.3) is 5.91 Å². The van der Waals surface area contributed by atoms with Crippen molar-refractivity contribution in [2.45, 2.75) is 26.7 Å². The van der Waals surface area contributed by atoms with Crippen LogP contribution in [0.4, 0.5) is 5.69 Å². The minimum Gasteiger partial charge on any atom is -0.484 e. The second-order valence-corrected chi connectivity index (χ2v) is 7.62. The average molecular weight is 447 g/mol. The van der Waals surface area contributed by atoms with Crippen LogP contribution < -0.4 is 14.9 Å². The summed E-state index contributed by atoms with van der Waals surface area (Å²) in [5.41, 5.74) is 5.14. The summed E-state index contributed by atoms with van der Waals surface area (Å²) in [7, 11) is 0. The van der Waals surface area contributed by atoms with E-state index in [1.807, 2.05) is 25.1 Å². The highest BCUT2D eigenvalue weighted by molar-refractivity contribution is 5.85. The summed E-state index contributed by atoms with van der Waals surface area (Å²) in [6, 6.07) is 18.7. The molecule has 3 aromatic rings.